The summed E-state index contributed by atoms with van der Waals surface area (Å²) < 4.78 is 48.8. The smallest absolute Gasteiger partial charge is 0.469 e. The minimum atomic E-state index is -4.48. The van der Waals surface area contributed by atoms with Gasteiger partial charge in [-0.15, -0.1) is 0 Å². The fourth-order valence-corrected chi connectivity index (χ4v) is 5.22. The van der Waals surface area contributed by atoms with Crippen LogP contribution in [-0.4, -0.2) is 73.1 Å². The molecule has 0 radical (unpaired) electrons. The van der Waals surface area contributed by atoms with Crippen LogP contribution in [0.15, 0.2) is 48.8 Å². The van der Waals surface area contributed by atoms with E-state index in [2.05, 4.69) is 40.2 Å². The molecule has 1 atom stereocenters. The van der Waals surface area contributed by atoms with Crippen LogP contribution >= 0.6 is 7.82 Å². The molecule has 0 saturated carbocycles. The van der Waals surface area contributed by atoms with Gasteiger partial charge >= 0.3 is 7.82 Å². The number of hydrogen-bond acceptors (Lipinski definition) is 9. The highest BCUT2D eigenvalue weighted by Gasteiger charge is 2.27. The van der Waals surface area contributed by atoms with Gasteiger partial charge in [-0.2, -0.15) is 5.10 Å². The van der Waals surface area contributed by atoms with Gasteiger partial charge < -0.3 is 25.2 Å². The number of nitrogens with one attached hydrogen (secondary N) is 3. The van der Waals surface area contributed by atoms with Gasteiger partial charge in [0.25, 0.3) is 0 Å². The quantitative estimate of drug-likeness (QED) is 0.109. The van der Waals surface area contributed by atoms with Gasteiger partial charge in [0.1, 0.15) is 17.9 Å². The van der Waals surface area contributed by atoms with Crippen LogP contribution in [0.5, 0.6) is 5.75 Å². The first-order valence-electron chi connectivity index (χ1n) is 13.5. The lowest BCUT2D eigenvalue weighted by atomic mass is 10.2. The fourth-order valence-electron chi connectivity index (χ4n) is 4.85. The number of carbonyl (C=O) groups is 1. The van der Waals surface area contributed by atoms with E-state index in [9.17, 15) is 18.1 Å². The van der Waals surface area contributed by atoms with Crippen LogP contribution in [0, 0.1) is 11.6 Å². The number of fused-ring (bicyclic) bond motifs is 1. The largest absolute Gasteiger partial charge is 0.493 e. The molecule has 228 valence electrons. The standard InChI is InChI=1S/C27H30F2N7O6P/c28-21-5-1-6-22(26(21)29)32-25(37)13-17-12-24(35-34-17)33-27-20-8-7-19(14-23(20)30-16-31-27)41-11-3-10-36-9-2-4-18(36)15-42-43(38,39)40/h1,5-8,12,14,16,18H,2-4,9-11,13,15H2,(H,32,37)(H2,38,39,40)(H2,30,31,33,34,35)/t18-/m0/s1. The van der Waals surface area contributed by atoms with Crippen molar-refractivity contribution >= 4 is 42.0 Å². The van der Waals surface area contributed by atoms with E-state index in [0.29, 0.717) is 47.1 Å². The Morgan fingerprint density at radius 1 is 1.19 bits per heavy atom. The van der Waals surface area contributed by atoms with Crippen LogP contribution in [-0.2, 0) is 20.3 Å². The van der Waals surface area contributed by atoms with Gasteiger partial charge in [-0.05, 0) is 50.1 Å². The summed E-state index contributed by atoms with van der Waals surface area (Å²) in [4.78, 5) is 41.0. The van der Waals surface area contributed by atoms with Gasteiger partial charge in [0, 0.05) is 35.8 Å². The van der Waals surface area contributed by atoms with E-state index in [1.54, 1.807) is 18.2 Å². The lowest BCUT2D eigenvalue weighted by molar-refractivity contribution is -0.115. The number of aromatic amines is 1. The summed E-state index contributed by atoms with van der Waals surface area (Å²) in [6.07, 6.45) is 3.75. The molecular formula is C27H30F2N7O6P. The number of rotatable bonds is 13. The predicted molar refractivity (Wildman–Crippen MR) is 153 cm³/mol. The maximum Gasteiger partial charge on any atom is 0.469 e. The highest BCUT2D eigenvalue weighted by Crippen LogP contribution is 2.37. The molecule has 0 aliphatic carbocycles. The molecule has 0 spiro atoms. The number of nitrogens with zero attached hydrogens (tertiary/aromatic N) is 4. The number of H-pyrrole nitrogens is 1. The second kappa shape index (κ2) is 13.5. The zero-order valence-electron chi connectivity index (χ0n) is 22.9. The maximum absolute atomic E-state index is 13.8. The lowest BCUT2D eigenvalue weighted by Gasteiger charge is -2.24. The summed E-state index contributed by atoms with van der Waals surface area (Å²) in [6.45, 7) is 2.00. The number of amides is 1. The maximum atomic E-state index is 13.8. The predicted octanol–water partition coefficient (Wildman–Crippen LogP) is 3.90. The summed E-state index contributed by atoms with van der Waals surface area (Å²) in [6, 6.07) is 10.5. The number of halogens is 2. The topological polar surface area (TPSA) is 175 Å². The highest BCUT2D eigenvalue weighted by atomic mass is 31.2. The molecule has 1 saturated heterocycles. The molecule has 4 aromatic rings. The number of carbonyl (C=O) groups excluding carboxylic acids is 1. The van der Waals surface area contributed by atoms with Crippen molar-refractivity contribution in [3.05, 3.63) is 66.1 Å². The Hall–Kier alpha value is -4.01. The average molecular weight is 618 g/mol. The van der Waals surface area contributed by atoms with Crippen LogP contribution in [0.2, 0.25) is 0 Å². The van der Waals surface area contributed by atoms with Gasteiger partial charge in [-0.3, -0.25) is 19.3 Å². The summed E-state index contributed by atoms with van der Waals surface area (Å²) >= 11 is 0. The molecule has 5 rings (SSSR count). The third-order valence-corrected chi connectivity index (χ3v) is 7.34. The van der Waals surface area contributed by atoms with Crippen molar-refractivity contribution in [3.8, 4) is 5.75 Å². The number of aromatic nitrogens is 4. The van der Waals surface area contributed by atoms with Gasteiger partial charge in [-0.25, -0.2) is 23.3 Å². The SMILES string of the molecule is O=C(Cc1cc(Nc2ncnc3cc(OCCCN4CCC[C@H]4COP(=O)(O)O)ccc23)n[nH]1)Nc1cccc(F)c1F. The van der Waals surface area contributed by atoms with Crippen LogP contribution in [0.25, 0.3) is 10.9 Å². The van der Waals surface area contributed by atoms with E-state index in [0.717, 1.165) is 31.9 Å². The lowest BCUT2D eigenvalue weighted by Crippen LogP contribution is -2.34. The second-order valence-electron chi connectivity index (χ2n) is 9.95. The monoisotopic (exact) mass is 617 g/mol. The molecule has 2 aromatic heterocycles. The van der Waals surface area contributed by atoms with Crippen molar-refractivity contribution in [2.24, 2.45) is 0 Å². The van der Waals surface area contributed by atoms with Crippen LogP contribution < -0.4 is 15.4 Å². The zero-order chi connectivity index (χ0) is 30.4. The van der Waals surface area contributed by atoms with Crippen LogP contribution in [0.4, 0.5) is 26.1 Å². The third kappa shape index (κ3) is 8.30. The zero-order valence-corrected chi connectivity index (χ0v) is 23.8. The third-order valence-electron chi connectivity index (χ3n) is 6.85. The molecule has 43 heavy (non-hydrogen) atoms. The number of phosphoric acid groups is 1. The number of hydrogen-bond donors (Lipinski definition) is 5. The van der Waals surface area contributed by atoms with E-state index < -0.39 is 25.4 Å². The molecule has 13 nitrogen and oxygen atoms in total. The van der Waals surface area contributed by atoms with E-state index in [1.165, 1.54) is 18.5 Å². The molecule has 0 unspecified atom stereocenters. The Morgan fingerprint density at radius 3 is 2.88 bits per heavy atom. The molecule has 1 fully saturated rings. The summed E-state index contributed by atoms with van der Waals surface area (Å²) in [5, 5.41) is 13.0. The van der Waals surface area contributed by atoms with Crippen LogP contribution in [0.1, 0.15) is 25.0 Å². The molecule has 16 heteroatoms. The van der Waals surface area contributed by atoms with E-state index >= 15 is 0 Å². The molecule has 5 N–H and O–H groups in total. The van der Waals surface area contributed by atoms with E-state index in [-0.39, 0.29) is 24.8 Å². The number of likely N-dealkylation sites (tertiary alicyclic amines) is 1. The first-order chi connectivity index (χ1) is 20.6. The summed E-state index contributed by atoms with van der Waals surface area (Å²) in [5.41, 5.74) is 0.835. The molecule has 1 aliphatic rings. The molecule has 1 aliphatic heterocycles. The Bertz CT molecular complexity index is 1630. The van der Waals surface area contributed by atoms with Crippen LogP contribution in [0.3, 0.4) is 0 Å². The first-order valence-corrected chi connectivity index (χ1v) is 15.0. The Balaban J connectivity index is 1.13. The number of anilines is 3. The number of ether oxygens (including phenoxy) is 1. The Labute approximate surface area is 244 Å². The van der Waals surface area contributed by atoms with E-state index in [1.807, 2.05) is 6.07 Å². The first kappa shape index (κ1) is 30.4. The summed E-state index contributed by atoms with van der Waals surface area (Å²) in [5.74, 6) is -1.22. The van der Waals surface area contributed by atoms with Gasteiger partial charge in [0.2, 0.25) is 5.91 Å². The van der Waals surface area contributed by atoms with Crippen molar-refractivity contribution < 1.29 is 37.2 Å². The Morgan fingerprint density at radius 2 is 2.05 bits per heavy atom. The van der Waals surface area contributed by atoms with Crippen molar-refractivity contribution in [2.45, 2.75) is 31.7 Å². The van der Waals surface area contributed by atoms with Gasteiger partial charge in [-0.1, -0.05) is 6.07 Å². The number of benzene rings is 2. The van der Waals surface area contributed by atoms with E-state index in [4.69, 9.17) is 14.5 Å². The highest BCUT2D eigenvalue weighted by molar-refractivity contribution is 7.46. The fraction of sp³-hybridized carbons (Fsp3) is 0.333. The average Bonchev–Trinajstić information content (AvgIpc) is 3.61. The van der Waals surface area contributed by atoms with Crippen molar-refractivity contribution in [1.29, 1.82) is 0 Å². The second-order valence-corrected chi connectivity index (χ2v) is 11.2. The Kier molecular flexibility index (Phi) is 9.58. The molecule has 3 heterocycles. The minimum Gasteiger partial charge on any atom is -0.493 e. The molecule has 0 bridgehead atoms. The minimum absolute atomic E-state index is 0.00139. The molecule has 1 amide bonds. The number of phosphoric ester groups is 1. The van der Waals surface area contributed by atoms with Crippen molar-refractivity contribution in [3.63, 3.8) is 0 Å². The van der Waals surface area contributed by atoms with Crippen molar-refractivity contribution in [2.75, 3.05) is 36.9 Å². The van der Waals surface area contributed by atoms with Gasteiger partial charge in [0.05, 0.1) is 30.8 Å². The summed E-state index contributed by atoms with van der Waals surface area (Å²) in [7, 11) is -4.48. The molecular weight excluding hydrogens is 587 g/mol. The normalized spacial score (nSPS) is 15.6. The van der Waals surface area contributed by atoms with Gasteiger partial charge in [0.15, 0.2) is 17.5 Å². The molecule has 2 aromatic carbocycles. The van der Waals surface area contributed by atoms with Crippen molar-refractivity contribution in [1.82, 2.24) is 25.1 Å².